The smallest absolute Gasteiger partial charge is 0.132 e. The first-order valence-corrected chi connectivity index (χ1v) is 9.80. The normalized spacial score (nSPS) is 18.0. The van der Waals surface area contributed by atoms with E-state index in [0.717, 1.165) is 43.1 Å². The lowest BCUT2D eigenvalue weighted by Gasteiger charge is -2.27. The van der Waals surface area contributed by atoms with Crippen LogP contribution in [0.3, 0.4) is 0 Å². The molecule has 0 atom stereocenters. The van der Waals surface area contributed by atoms with Crippen molar-refractivity contribution in [3.63, 3.8) is 0 Å². The third-order valence-corrected chi connectivity index (χ3v) is 5.08. The zero-order valence-electron chi connectivity index (χ0n) is 16.2. The summed E-state index contributed by atoms with van der Waals surface area (Å²) in [6.45, 7) is 6.28. The molecule has 0 unspecified atom stereocenters. The van der Waals surface area contributed by atoms with Gasteiger partial charge >= 0.3 is 0 Å². The number of aromatic nitrogens is 2. The summed E-state index contributed by atoms with van der Waals surface area (Å²) in [4.78, 5) is 10.8. The Morgan fingerprint density at radius 1 is 1.21 bits per heavy atom. The van der Waals surface area contributed by atoms with Crippen molar-refractivity contribution < 1.29 is 14.2 Å². The van der Waals surface area contributed by atoms with E-state index in [4.69, 9.17) is 19.6 Å². The minimum absolute atomic E-state index is 0.199. The molecule has 2 heterocycles. The number of nitrogens with zero attached hydrogens (tertiary/aromatic N) is 3. The van der Waals surface area contributed by atoms with E-state index in [1.807, 2.05) is 37.3 Å². The van der Waals surface area contributed by atoms with Crippen LogP contribution in [0.5, 0.6) is 5.75 Å². The molecule has 1 aromatic heterocycles. The maximum absolute atomic E-state index is 8.62. The summed E-state index contributed by atoms with van der Waals surface area (Å²) in [5.41, 5.74) is 1.53. The Hall–Kier alpha value is -2.51. The third kappa shape index (κ3) is 4.31. The number of benzene rings is 1. The number of rotatable bonds is 8. The standard InChI is InChI=1S/C21H26N4O3/c1-2-26-14-21(6-7-21)28-17-5-3-4-16(12-17)20(22)18-13-19(24-15-23-18)25-8-10-27-11-9-25/h3-5,12-13,15,22H,2,6-11,14H2,1H3. The summed E-state index contributed by atoms with van der Waals surface area (Å²) in [7, 11) is 0. The first kappa shape index (κ1) is 18.8. The van der Waals surface area contributed by atoms with Crippen molar-refractivity contribution in [1.82, 2.24) is 9.97 Å². The van der Waals surface area contributed by atoms with Crippen LogP contribution in [0.1, 0.15) is 31.0 Å². The Bertz CT molecular complexity index is 832. The maximum atomic E-state index is 8.62. The molecule has 0 spiro atoms. The summed E-state index contributed by atoms with van der Waals surface area (Å²) >= 11 is 0. The number of nitrogens with one attached hydrogen (secondary N) is 1. The van der Waals surface area contributed by atoms with E-state index < -0.39 is 0 Å². The molecular formula is C21H26N4O3. The number of hydrogen-bond acceptors (Lipinski definition) is 7. The number of ether oxygens (including phenoxy) is 3. The highest BCUT2D eigenvalue weighted by Gasteiger charge is 2.45. The molecule has 1 saturated heterocycles. The van der Waals surface area contributed by atoms with Gasteiger partial charge in [0.1, 0.15) is 23.5 Å². The molecule has 28 heavy (non-hydrogen) atoms. The van der Waals surface area contributed by atoms with E-state index in [2.05, 4.69) is 14.9 Å². The van der Waals surface area contributed by atoms with Crippen LogP contribution in [-0.2, 0) is 9.47 Å². The molecule has 2 aromatic rings. The Kier molecular flexibility index (Phi) is 5.54. The predicted octanol–water partition coefficient (Wildman–Crippen LogP) is 2.68. The van der Waals surface area contributed by atoms with E-state index in [1.165, 1.54) is 6.33 Å². The zero-order valence-corrected chi connectivity index (χ0v) is 16.2. The van der Waals surface area contributed by atoms with Gasteiger partial charge in [-0.15, -0.1) is 0 Å². The van der Waals surface area contributed by atoms with Crippen molar-refractivity contribution in [2.75, 3.05) is 44.4 Å². The monoisotopic (exact) mass is 382 g/mol. The fourth-order valence-corrected chi connectivity index (χ4v) is 3.27. The molecule has 7 heteroatoms. The highest BCUT2D eigenvalue weighted by atomic mass is 16.5. The topological polar surface area (TPSA) is 80.6 Å². The van der Waals surface area contributed by atoms with Crippen molar-refractivity contribution in [1.29, 1.82) is 5.41 Å². The van der Waals surface area contributed by atoms with Gasteiger partial charge in [-0.1, -0.05) is 12.1 Å². The van der Waals surface area contributed by atoms with Crippen LogP contribution in [-0.4, -0.2) is 60.8 Å². The molecule has 2 fully saturated rings. The van der Waals surface area contributed by atoms with Crippen LogP contribution < -0.4 is 9.64 Å². The van der Waals surface area contributed by atoms with E-state index in [-0.39, 0.29) is 5.60 Å². The minimum Gasteiger partial charge on any atom is -0.485 e. The molecule has 0 bridgehead atoms. The third-order valence-electron chi connectivity index (χ3n) is 5.08. The molecule has 148 valence electrons. The highest BCUT2D eigenvalue weighted by molar-refractivity contribution is 6.10. The van der Waals surface area contributed by atoms with Gasteiger partial charge < -0.3 is 19.1 Å². The second-order valence-electron chi connectivity index (χ2n) is 7.19. The first-order chi connectivity index (χ1) is 13.7. The lowest BCUT2D eigenvalue weighted by Crippen LogP contribution is -2.36. The Morgan fingerprint density at radius 3 is 2.79 bits per heavy atom. The van der Waals surface area contributed by atoms with Gasteiger partial charge in [-0.2, -0.15) is 0 Å². The summed E-state index contributed by atoms with van der Waals surface area (Å²) in [5.74, 6) is 1.60. The molecule has 1 saturated carbocycles. The first-order valence-electron chi connectivity index (χ1n) is 9.80. The largest absolute Gasteiger partial charge is 0.485 e. The number of hydrogen-bond donors (Lipinski definition) is 1. The fourth-order valence-electron chi connectivity index (χ4n) is 3.27. The molecule has 4 rings (SSSR count). The van der Waals surface area contributed by atoms with Crippen molar-refractivity contribution in [3.05, 3.63) is 47.9 Å². The van der Waals surface area contributed by atoms with Crippen LogP contribution in [0, 0.1) is 5.41 Å². The lowest BCUT2D eigenvalue weighted by molar-refractivity contribution is 0.0414. The van der Waals surface area contributed by atoms with E-state index in [0.29, 0.717) is 37.8 Å². The summed E-state index contributed by atoms with van der Waals surface area (Å²) < 4.78 is 17.1. The van der Waals surface area contributed by atoms with Crippen molar-refractivity contribution in [2.45, 2.75) is 25.4 Å². The van der Waals surface area contributed by atoms with Crippen molar-refractivity contribution >= 4 is 11.5 Å². The average molecular weight is 382 g/mol. The lowest BCUT2D eigenvalue weighted by atomic mass is 10.1. The van der Waals surface area contributed by atoms with Gasteiger partial charge in [0.05, 0.1) is 31.2 Å². The molecule has 7 nitrogen and oxygen atoms in total. The van der Waals surface area contributed by atoms with Gasteiger partial charge in [-0.25, -0.2) is 9.97 Å². The van der Waals surface area contributed by atoms with E-state index >= 15 is 0 Å². The molecule has 0 radical (unpaired) electrons. The van der Waals surface area contributed by atoms with Crippen LogP contribution in [0.25, 0.3) is 0 Å². The molecule has 2 aliphatic rings. The summed E-state index contributed by atoms with van der Waals surface area (Å²) in [5, 5.41) is 8.62. The maximum Gasteiger partial charge on any atom is 0.132 e. The second kappa shape index (κ2) is 8.24. The van der Waals surface area contributed by atoms with Gasteiger partial charge in [0.25, 0.3) is 0 Å². The van der Waals surface area contributed by atoms with Gasteiger partial charge in [-0.05, 0) is 31.9 Å². The minimum atomic E-state index is -0.199. The predicted molar refractivity (Wildman–Crippen MR) is 107 cm³/mol. The molecule has 1 N–H and O–H groups in total. The van der Waals surface area contributed by atoms with E-state index in [1.54, 1.807) is 0 Å². The summed E-state index contributed by atoms with van der Waals surface area (Å²) in [6, 6.07) is 9.54. The Morgan fingerprint density at radius 2 is 2.04 bits per heavy atom. The van der Waals surface area contributed by atoms with Crippen LogP contribution in [0.4, 0.5) is 5.82 Å². The molecule has 0 amide bonds. The second-order valence-corrected chi connectivity index (χ2v) is 7.19. The van der Waals surface area contributed by atoms with Crippen LogP contribution in [0.2, 0.25) is 0 Å². The molecule has 1 aliphatic carbocycles. The Labute approximate surface area is 165 Å². The SMILES string of the molecule is CCOCC1(Oc2cccc(C(=N)c3cc(N4CCOCC4)ncn3)c2)CC1. The van der Waals surface area contributed by atoms with Gasteiger partial charge in [0.15, 0.2) is 0 Å². The van der Waals surface area contributed by atoms with Crippen molar-refractivity contribution in [2.24, 2.45) is 0 Å². The zero-order chi connectivity index (χ0) is 19.4. The van der Waals surface area contributed by atoms with Gasteiger partial charge in [0.2, 0.25) is 0 Å². The fraction of sp³-hybridized carbons (Fsp3) is 0.476. The Balaban J connectivity index is 1.49. The number of morpholine rings is 1. The molecule has 1 aliphatic heterocycles. The van der Waals surface area contributed by atoms with Crippen LogP contribution in [0.15, 0.2) is 36.7 Å². The van der Waals surface area contributed by atoms with Gasteiger partial charge in [0, 0.05) is 31.3 Å². The van der Waals surface area contributed by atoms with E-state index in [9.17, 15) is 0 Å². The average Bonchev–Trinajstić information content (AvgIpc) is 3.52. The van der Waals surface area contributed by atoms with Crippen molar-refractivity contribution in [3.8, 4) is 5.75 Å². The summed E-state index contributed by atoms with van der Waals surface area (Å²) in [6.07, 6.45) is 3.53. The quantitative estimate of drug-likeness (QED) is 0.707. The number of anilines is 1. The molecular weight excluding hydrogens is 356 g/mol. The molecule has 1 aromatic carbocycles. The highest BCUT2D eigenvalue weighted by Crippen LogP contribution is 2.40. The van der Waals surface area contributed by atoms with Crippen LogP contribution >= 0.6 is 0 Å². The van der Waals surface area contributed by atoms with Gasteiger partial charge in [-0.3, -0.25) is 5.41 Å².